The second-order valence-electron chi connectivity index (χ2n) is 10.3. The van der Waals surface area contributed by atoms with Crippen LogP contribution in [0.15, 0.2) is 61.6 Å². The van der Waals surface area contributed by atoms with Gasteiger partial charge >= 0.3 is 0 Å². The number of aromatic amines is 1. The summed E-state index contributed by atoms with van der Waals surface area (Å²) in [6.07, 6.45) is 13.6. The Labute approximate surface area is 218 Å². The van der Waals surface area contributed by atoms with E-state index in [1.165, 1.54) is 57.2 Å². The van der Waals surface area contributed by atoms with Gasteiger partial charge in [0.2, 0.25) is 0 Å². The Bertz CT molecular complexity index is 1360. The molecular formula is C30H35N7. The highest BCUT2D eigenvalue weighted by molar-refractivity contribution is 5.95. The number of hydrogen-bond donors (Lipinski definition) is 2. The molecule has 7 heteroatoms. The standard InChI is InChI=1S/C30H35N7/c1-22(33-26-9-11-29(32-20-26)37-14-6-3-7-15-37)30-27-17-24(8-10-28(27)34-35-30)25-16-23(18-31-19-25)21-36-12-4-2-5-13-36/h8-11,16-20,33H,1-7,12-15,21H2,(H,34,35). The Morgan fingerprint density at radius 1 is 0.865 bits per heavy atom. The molecule has 0 amide bonds. The van der Waals surface area contributed by atoms with Gasteiger partial charge in [-0.3, -0.25) is 15.0 Å². The zero-order valence-corrected chi connectivity index (χ0v) is 21.4. The topological polar surface area (TPSA) is 73.0 Å². The summed E-state index contributed by atoms with van der Waals surface area (Å²) < 4.78 is 0. The first-order valence-corrected chi connectivity index (χ1v) is 13.5. The van der Waals surface area contributed by atoms with E-state index in [0.29, 0.717) is 0 Å². The molecule has 5 heterocycles. The van der Waals surface area contributed by atoms with Gasteiger partial charge in [-0.1, -0.05) is 19.1 Å². The number of likely N-dealkylation sites (tertiary alicyclic amines) is 1. The summed E-state index contributed by atoms with van der Waals surface area (Å²) in [6.45, 7) is 9.79. The van der Waals surface area contributed by atoms with E-state index in [4.69, 9.17) is 0 Å². The second-order valence-corrected chi connectivity index (χ2v) is 10.3. The molecule has 3 aromatic heterocycles. The number of fused-ring (bicyclic) bond motifs is 1. The Morgan fingerprint density at radius 2 is 1.68 bits per heavy atom. The highest BCUT2D eigenvalue weighted by Crippen LogP contribution is 2.29. The Kier molecular flexibility index (Phi) is 6.86. The average molecular weight is 494 g/mol. The summed E-state index contributed by atoms with van der Waals surface area (Å²) >= 11 is 0. The highest BCUT2D eigenvalue weighted by atomic mass is 15.2. The van der Waals surface area contributed by atoms with Crippen molar-refractivity contribution in [3.63, 3.8) is 0 Å². The molecule has 2 fully saturated rings. The van der Waals surface area contributed by atoms with Crippen LogP contribution >= 0.6 is 0 Å². The van der Waals surface area contributed by atoms with Crippen LogP contribution in [0.2, 0.25) is 0 Å². The number of anilines is 2. The van der Waals surface area contributed by atoms with Crippen molar-refractivity contribution in [3.05, 3.63) is 72.8 Å². The smallest absolute Gasteiger partial charge is 0.128 e. The molecule has 37 heavy (non-hydrogen) atoms. The van der Waals surface area contributed by atoms with Crippen molar-refractivity contribution in [2.75, 3.05) is 36.4 Å². The molecule has 2 aliphatic heterocycles. The molecule has 190 valence electrons. The SMILES string of the molecule is C=C(Nc1ccc(N2CCCCC2)nc1)c1n[nH]c2ccc(-c3cncc(CN4CCCCC4)c3)cc12. The number of rotatable bonds is 7. The molecule has 0 bridgehead atoms. The lowest BCUT2D eigenvalue weighted by atomic mass is 10.0. The van der Waals surface area contributed by atoms with Crippen LogP contribution in [0.5, 0.6) is 0 Å². The number of aromatic nitrogens is 4. The maximum absolute atomic E-state index is 4.69. The van der Waals surface area contributed by atoms with Gasteiger partial charge in [-0.05, 0) is 86.7 Å². The van der Waals surface area contributed by atoms with Gasteiger partial charge < -0.3 is 10.2 Å². The lowest BCUT2D eigenvalue weighted by Gasteiger charge is -2.27. The van der Waals surface area contributed by atoms with E-state index < -0.39 is 0 Å². The fourth-order valence-corrected chi connectivity index (χ4v) is 5.53. The third-order valence-corrected chi connectivity index (χ3v) is 7.55. The summed E-state index contributed by atoms with van der Waals surface area (Å²) in [5, 5.41) is 12.2. The summed E-state index contributed by atoms with van der Waals surface area (Å²) in [6, 6.07) is 12.8. The van der Waals surface area contributed by atoms with Crippen molar-refractivity contribution in [2.24, 2.45) is 0 Å². The van der Waals surface area contributed by atoms with E-state index in [-0.39, 0.29) is 0 Å². The van der Waals surface area contributed by atoms with Crippen molar-refractivity contribution in [3.8, 4) is 11.1 Å². The van der Waals surface area contributed by atoms with Crippen LogP contribution < -0.4 is 10.2 Å². The highest BCUT2D eigenvalue weighted by Gasteiger charge is 2.15. The molecule has 0 aliphatic carbocycles. The van der Waals surface area contributed by atoms with Gasteiger partial charge in [0.25, 0.3) is 0 Å². The average Bonchev–Trinajstić information content (AvgIpc) is 3.38. The molecule has 4 aromatic rings. The van der Waals surface area contributed by atoms with Crippen LogP contribution in [0, 0.1) is 0 Å². The summed E-state index contributed by atoms with van der Waals surface area (Å²) in [4.78, 5) is 14.1. The Balaban J connectivity index is 1.19. The molecule has 2 saturated heterocycles. The predicted octanol–water partition coefficient (Wildman–Crippen LogP) is 6.08. The number of pyridine rings is 2. The van der Waals surface area contributed by atoms with Crippen LogP contribution in [0.4, 0.5) is 11.5 Å². The minimum atomic E-state index is 0.743. The van der Waals surface area contributed by atoms with E-state index in [1.54, 1.807) is 0 Å². The van der Waals surface area contributed by atoms with Crippen molar-refractivity contribution in [2.45, 2.75) is 45.1 Å². The number of nitrogens with one attached hydrogen (secondary N) is 2. The minimum Gasteiger partial charge on any atom is -0.357 e. The molecule has 1 aromatic carbocycles. The van der Waals surface area contributed by atoms with Gasteiger partial charge in [0.15, 0.2) is 0 Å². The predicted molar refractivity (Wildman–Crippen MR) is 151 cm³/mol. The third kappa shape index (κ3) is 5.37. The number of hydrogen-bond acceptors (Lipinski definition) is 6. The third-order valence-electron chi connectivity index (χ3n) is 7.55. The fraction of sp³-hybridized carbons (Fsp3) is 0.367. The molecule has 7 nitrogen and oxygen atoms in total. The lowest BCUT2D eigenvalue weighted by Crippen LogP contribution is -2.30. The molecule has 0 saturated carbocycles. The van der Waals surface area contributed by atoms with Crippen LogP contribution in [0.1, 0.15) is 49.8 Å². The summed E-state index contributed by atoms with van der Waals surface area (Å²) in [5.41, 5.74) is 6.97. The monoisotopic (exact) mass is 493 g/mol. The first kappa shape index (κ1) is 23.7. The largest absolute Gasteiger partial charge is 0.357 e. The van der Waals surface area contributed by atoms with Gasteiger partial charge in [0.1, 0.15) is 11.5 Å². The van der Waals surface area contributed by atoms with Gasteiger partial charge in [-0.25, -0.2) is 4.98 Å². The van der Waals surface area contributed by atoms with E-state index >= 15 is 0 Å². The molecule has 0 unspecified atom stereocenters. The van der Waals surface area contributed by atoms with E-state index in [2.05, 4.69) is 78.3 Å². The van der Waals surface area contributed by atoms with Crippen LogP contribution in [0.25, 0.3) is 27.7 Å². The zero-order valence-electron chi connectivity index (χ0n) is 21.4. The maximum Gasteiger partial charge on any atom is 0.128 e. The molecular weight excluding hydrogens is 458 g/mol. The van der Waals surface area contributed by atoms with Crippen LogP contribution in [-0.4, -0.2) is 51.2 Å². The number of benzene rings is 1. The molecule has 2 aliphatic rings. The quantitative estimate of drug-likeness (QED) is 0.325. The van der Waals surface area contributed by atoms with E-state index in [1.807, 2.05) is 18.6 Å². The van der Waals surface area contributed by atoms with Gasteiger partial charge in [-0.2, -0.15) is 5.10 Å². The Hall–Kier alpha value is -3.71. The summed E-state index contributed by atoms with van der Waals surface area (Å²) in [5.74, 6) is 1.04. The Morgan fingerprint density at radius 3 is 2.46 bits per heavy atom. The molecule has 0 radical (unpaired) electrons. The van der Waals surface area contributed by atoms with Crippen molar-refractivity contribution in [1.82, 2.24) is 25.1 Å². The van der Waals surface area contributed by atoms with Gasteiger partial charge in [-0.15, -0.1) is 0 Å². The summed E-state index contributed by atoms with van der Waals surface area (Å²) in [7, 11) is 0. The fourth-order valence-electron chi connectivity index (χ4n) is 5.53. The minimum absolute atomic E-state index is 0.743. The van der Waals surface area contributed by atoms with Crippen molar-refractivity contribution < 1.29 is 0 Å². The normalized spacial score (nSPS) is 16.7. The second kappa shape index (κ2) is 10.7. The number of piperidine rings is 2. The van der Waals surface area contributed by atoms with Gasteiger partial charge in [0, 0.05) is 43.0 Å². The number of H-pyrrole nitrogens is 1. The van der Waals surface area contributed by atoms with E-state index in [0.717, 1.165) is 64.6 Å². The molecule has 2 N–H and O–H groups in total. The molecule has 0 atom stereocenters. The zero-order chi connectivity index (χ0) is 25.0. The van der Waals surface area contributed by atoms with Gasteiger partial charge in [0.05, 0.1) is 23.1 Å². The van der Waals surface area contributed by atoms with Crippen molar-refractivity contribution in [1.29, 1.82) is 0 Å². The first-order valence-electron chi connectivity index (χ1n) is 13.5. The molecule has 0 spiro atoms. The maximum atomic E-state index is 4.69. The van der Waals surface area contributed by atoms with Crippen molar-refractivity contribution >= 4 is 28.1 Å². The van der Waals surface area contributed by atoms with Crippen LogP contribution in [-0.2, 0) is 6.54 Å². The van der Waals surface area contributed by atoms with Crippen LogP contribution in [0.3, 0.4) is 0 Å². The van der Waals surface area contributed by atoms with E-state index in [9.17, 15) is 0 Å². The first-order chi connectivity index (χ1) is 18.2. The molecule has 6 rings (SSSR count). The number of nitrogens with zero attached hydrogens (tertiary/aromatic N) is 5. The lowest BCUT2D eigenvalue weighted by molar-refractivity contribution is 0.220.